The Balaban J connectivity index is 2.05. The number of rotatable bonds is 4. The molecule has 3 nitrogen and oxygen atoms in total. The van der Waals surface area contributed by atoms with E-state index >= 15 is 0 Å². The van der Waals surface area contributed by atoms with E-state index < -0.39 is 0 Å². The van der Waals surface area contributed by atoms with Gasteiger partial charge < -0.3 is 10.2 Å². The predicted octanol–water partition coefficient (Wildman–Crippen LogP) is 3.32. The Hall–Kier alpha value is -2.03. The number of nitrogens with zero attached hydrogens (tertiary/aromatic N) is 2. The van der Waals surface area contributed by atoms with E-state index in [0.717, 1.165) is 11.5 Å². The standard InChI is InChI=1S/C15H19N3/c1-12(13-7-5-4-6-8-13)17-14-9-10-15(16-11-14)18(2)3/h4-12,17H,1-3H3. The molecular weight excluding hydrogens is 222 g/mol. The molecule has 2 aromatic rings. The van der Waals surface area contributed by atoms with Crippen LogP contribution in [0.4, 0.5) is 11.5 Å². The molecule has 1 atom stereocenters. The van der Waals surface area contributed by atoms with E-state index in [1.54, 1.807) is 0 Å². The summed E-state index contributed by atoms with van der Waals surface area (Å²) in [6, 6.07) is 14.7. The van der Waals surface area contributed by atoms with Crippen molar-refractivity contribution in [3.8, 4) is 0 Å². The molecule has 0 aliphatic carbocycles. The zero-order valence-corrected chi connectivity index (χ0v) is 11.1. The van der Waals surface area contributed by atoms with Crippen LogP contribution in [-0.4, -0.2) is 19.1 Å². The molecular formula is C15H19N3. The number of aromatic nitrogens is 1. The Morgan fingerprint density at radius 2 is 1.78 bits per heavy atom. The van der Waals surface area contributed by atoms with Gasteiger partial charge in [-0.05, 0) is 24.6 Å². The topological polar surface area (TPSA) is 28.2 Å². The Morgan fingerprint density at radius 3 is 2.33 bits per heavy atom. The number of hydrogen-bond acceptors (Lipinski definition) is 3. The minimum absolute atomic E-state index is 0.276. The van der Waals surface area contributed by atoms with Gasteiger partial charge in [0.25, 0.3) is 0 Å². The zero-order chi connectivity index (χ0) is 13.0. The van der Waals surface area contributed by atoms with Gasteiger partial charge in [0.05, 0.1) is 11.9 Å². The van der Waals surface area contributed by atoms with Crippen LogP contribution in [0.3, 0.4) is 0 Å². The molecule has 0 fully saturated rings. The monoisotopic (exact) mass is 241 g/mol. The molecule has 1 aromatic heterocycles. The van der Waals surface area contributed by atoms with Gasteiger partial charge in [0.15, 0.2) is 0 Å². The van der Waals surface area contributed by atoms with Gasteiger partial charge in [0, 0.05) is 20.1 Å². The molecule has 0 bridgehead atoms. The SMILES string of the molecule is CC(Nc1ccc(N(C)C)nc1)c1ccccc1. The molecule has 18 heavy (non-hydrogen) atoms. The maximum absolute atomic E-state index is 4.39. The molecule has 2 rings (SSSR count). The first-order chi connectivity index (χ1) is 8.66. The van der Waals surface area contributed by atoms with E-state index in [4.69, 9.17) is 0 Å². The van der Waals surface area contributed by atoms with Crippen molar-refractivity contribution < 1.29 is 0 Å². The van der Waals surface area contributed by atoms with Crippen LogP contribution in [0.25, 0.3) is 0 Å². The van der Waals surface area contributed by atoms with Crippen LogP contribution in [0.1, 0.15) is 18.5 Å². The molecule has 0 aliphatic heterocycles. The highest BCUT2D eigenvalue weighted by Gasteiger charge is 2.04. The second-order valence-corrected chi connectivity index (χ2v) is 4.58. The van der Waals surface area contributed by atoms with Crippen molar-refractivity contribution in [2.75, 3.05) is 24.3 Å². The molecule has 0 spiro atoms. The molecule has 94 valence electrons. The quantitative estimate of drug-likeness (QED) is 0.890. The third-order valence-corrected chi connectivity index (χ3v) is 2.89. The lowest BCUT2D eigenvalue weighted by Gasteiger charge is -2.16. The van der Waals surface area contributed by atoms with Gasteiger partial charge in [-0.25, -0.2) is 4.98 Å². The van der Waals surface area contributed by atoms with Crippen LogP contribution in [0, 0.1) is 0 Å². The Morgan fingerprint density at radius 1 is 1.06 bits per heavy atom. The summed E-state index contributed by atoms with van der Waals surface area (Å²) in [4.78, 5) is 6.38. The van der Waals surface area contributed by atoms with E-state index in [-0.39, 0.29) is 6.04 Å². The van der Waals surface area contributed by atoms with Crippen molar-refractivity contribution in [2.45, 2.75) is 13.0 Å². The number of anilines is 2. The number of pyridine rings is 1. The lowest BCUT2D eigenvalue weighted by Crippen LogP contribution is -2.11. The summed E-state index contributed by atoms with van der Waals surface area (Å²) >= 11 is 0. The molecule has 3 heteroatoms. The highest BCUT2D eigenvalue weighted by molar-refractivity contribution is 5.49. The van der Waals surface area contributed by atoms with E-state index in [9.17, 15) is 0 Å². The Bertz CT molecular complexity index is 477. The summed E-state index contributed by atoms with van der Waals surface area (Å²) in [6.07, 6.45) is 1.87. The van der Waals surface area contributed by atoms with E-state index in [1.165, 1.54) is 5.56 Å². The smallest absolute Gasteiger partial charge is 0.128 e. The summed E-state index contributed by atoms with van der Waals surface area (Å²) in [7, 11) is 3.98. The minimum Gasteiger partial charge on any atom is -0.377 e. The molecule has 0 saturated heterocycles. The first-order valence-corrected chi connectivity index (χ1v) is 6.11. The first kappa shape index (κ1) is 12.4. The summed E-state index contributed by atoms with van der Waals surface area (Å²) < 4.78 is 0. The molecule has 1 aromatic carbocycles. The summed E-state index contributed by atoms with van der Waals surface area (Å²) in [6.45, 7) is 2.15. The van der Waals surface area contributed by atoms with Crippen molar-refractivity contribution in [1.82, 2.24) is 4.98 Å². The van der Waals surface area contributed by atoms with Crippen LogP contribution in [-0.2, 0) is 0 Å². The fraction of sp³-hybridized carbons (Fsp3) is 0.267. The van der Waals surface area contributed by atoms with Crippen LogP contribution in [0.15, 0.2) is 48.7 Å². The van der Waals surface area contributed by atoms with Gasteiger partial charge in [0.2, 0.25) is 0 Å². The van der Waals surface area contributed by atoms with Crippen LogP contribution in [0.5, 0.6) is 0 Å². The third kappa shape index (κ3) is 3.00. The molecule has 1 unspecified atom stereocenters. The summed E-state index contributed by atoms with van der Waals surface area (Å²) in [5.41, 5.74) is 2.31. The maximum Gasteiger partial charge on any atom is 0.128 e. The summed E-state index contributed by atoms with van der Waals surface area (Å²) in [5.74, 6) is 0.966. The molecule has 0 saturated carbocycles. The molecule has 0 radical (unpaired) electrons. The normalized spacial score (nSPS) is 11.9. The average molecular weight is 241 g/mol. The van der Waals surface area contributed by atoms with Crippen molar-refractivity contribution in [3.05, 3.63) is 54.2 Å². The fourth-order valence-electron chi connectivity index (χ4n) is 1.81. The second-order valence-electron chi connectivity index (χ2n) is 4.58. The van der Waals surface area contributed by atoms with Crippen molar-refractivity contribution >= 4 is 11.5 Å². The lowest BCUT2D eigenvalue weighted by molar-refractivity contribution is 0.882. The third-order valence-electron chi connectivity index (χ3n) is 2.89. The van der Waals surface area contributed by atoms with Crippen LogP contribution in [0.2, 0.25) is 0 Å². The van der Waals surface area contributed by atoms with Crippen molar-refractivity contribution in [2.24, 2.45) is 0 Å². The minimum atomic E-state index is 0.276. The van der Waals surface area contributed by atoms with Crippen molar-refractivity contribution in [3.63, 3.8) is 0 Å². The molecule has 1 N–H and O–H groups in total. The van der Waals surface area contributed by atoms with Crippen LogP contribution < -0.4 is 10.2 Å². The lowest BCUT2D eigenvalue weighted by atomic mass is 10.1. The van der Waals surface area contributed by atoms with Gasteiger partial charge in [-0.1, -0.05) is 30.3 Å². The van der Waals surface area contributed by atoms with Gasteiger partial charge in [-0.2, -0.15) is 0 Å². The highest BCUT2D eigenvalue weighted by Crippen LogP contribution is 2.19. The molecule has 0 amide bonds. The molecule has 0 aliphatic rings. The number of nitrogens with one attached hydrogen (secondary N) is 1. The molecule has 1 heterocycles. The Kier molecular flexibility index (Phi) is 3.82. The fourth-order valence-corrected chi connectivity index (χ4v) is 1.81. The first-order valence-electron chi connectivity index (χ1n) is 6.11. The van der Waals surface area contributed by atoms with E-state index in [1.807, 2.05) is 37.3 Å². The van der Waals surface area contributed by atoms with Crippen molar-refractivity contribution in [1.29, 1.82) is 0 Å². The largest absolute Gasteiger partial charge is 0.377 e. The number of hydrogen-bond donors (Lipinski definition) is 1. The average Bonchev–Trinajstić information content (AvgIpc) is 2.40. The highest BCUT2D eigenvalue weighted by atomic mass is 15.1. The van der Waals surface area contributed by atoms with E-state index in [0.29, 0.717) is 0 Å². The second kappa shape index (κ2) is 5.54. The maximum atomic E-state index is 4.39. The predicted molar refractivity (Wildman–Crippen MR) is 77.0 cm³/mol. The van der Waals surface area contributed by atoms with E-state index in [2.05, 4.69) is 47.6 Å². The van der Waals surface area contributed by atoms with Gasteiger partial charge in [-0.15, -0.1) is 0 Å². The van der Waals surface area contributed by atoms with Gasteiger partial charge in [-0.3, -0.25) is 0 Å². The van der Waals surface area contributed by atoms with Gasteiger partial charge in [0.1, 0.15) is 5.82 Å². The zero-order valence-electron chi connectivity index (χ0n) is 11.1. The Labute approximate surface area is 108 Å². The van der Waals surface area contributed by atoms with Gasteiger partial charge >= 0.3 is 0 Å². The summed E-state index contributed by atoms with van der Waals surface area (Å²) in [5, 5.41) is 3.44. The van der Waals surface area contributed by atoms with Crippen LogP contribution >= 0.6 is 0 Å². The number of benzene rings is 1.